The molecule has 3 heteroatoms. The number of nitrogen functional groups attached to an aromatic ring is 1. The highest BCUT2D eigenvalue weighted by Gasteiger charge is 2.29. The molecular weight excluding hydrogens is 258 g/mol. The lowest BCUT2D eigenvalue weighted by Crippen LogP contribution is -2.24. The zero-order valence-corrected chi connectivity index (χ0v) is 13.7. The van der Waals surface area contributed by atoms with Gasteiger partial charge in [0, 0.05) is 17.1 Å². The molecule has 1 heterocycles. The molecule has 1 aliphatic carbocycles. The first-order chi connectivity index (χ1) is 9.86. The van der Waals surface area contributed by atoms with Gasteiger partial charge < -0.3 is 10.3 Å². The van der Waals surface area contributed by atoms with Gasteiger partial charge in [-0.3, -0.25) is 0 Å². The van der Waals surface area contributed by atoms with Crippen LogP contribution in [0.4, 0.5) is 5.69 Å². The van der Waals surface area contributed by atoms with Gasteiger partial charge in [0.1, 0.15) is 5.82 Å². The van der Waals surface area contributed by atoms with Crippen LogP contribution in [0.15, 0.2) is 18.2 Å². The number of hydrogen-bond acceptors (Lipinski definition) is 2. The Hall–Kier alpha value is -1.51. The third-order valence-electron chi connectivity index (χ3n) is 4.73. The van der Waals surface area contributed by atoms with Gasteiger partial charge in [0.2, 0.25) is 0 Å². The quantitative estimate of drug-likeness (QED) is 0.774. The fraction of sp³-hybridized carbons (Fsp3) is 0.611. The van der Waals surface area contributed by atoms with E-state index in [2.05, 4.69) is 38.3 Å². The molecule has 3 nitrogen and oxygen atoms in total. The Morgan fingerprint density at radius 3 is 2.43 bits per heavy atom. The molecule has 1 aromatic carbocycles. The number of benzene rings is 1. The van der Waals surface area contributed by atoms with Crippen LogP contribution in [0.25, 0.3) is 11.0 Å². The molecule has 2 N–H and O–H groups in total. The molecule has 0 saturated heterocycles. The average Bonchev–Trinajstić information content (AvgIpc) is 2.78. The summed E-state index contributed by atoms with van der Waals surface area (Å²) in [6.45, 7) is 9.12. The highest BCUT2D eigenvalue weighted by Crippen LogP contribution is 2.38. The highest BCUT2D eigenvalue weighted by molar-refractivity contribution is 5.80. The Labute approximate surface area is 127 Å². The van der Waals surface area contributed by atoms with Crippen molar-refractivity contribution >= 4 is 16.7 Å². The van der Waals surface area contributed by atoms with E-state index in [1.54, 1.807) is 0 Å². The second-order valence-corrected chi connectivity index (χ2v) is 7.72. The summed E-state index contributed by atoms with van der Waals surface area (Å²) >= 11 is 0. The molecule has 1 fully saturated rings. The second kappa shape index (κ2) is 5.04. The summed E-state index contributed by atoms with van der Waals surface area (Å²) in [5, 5.41) is 0. The monoisotopic (exact) mass is 285 g/mol. The molecule has 1 aromatic heterocycles. The van der Waals surface area contributed by atoms with Crippen molar-refractivity contribution in [2.45, 2.75) is 64.8 Å². The van der Waals surface area contributed by atoms with Gasteiger partial charge in [-0.05, 0) is 49.8 Å². The fourth-order valence-electron chi connectivity index (χ4n) is 3.52. The summed E-state index contributed by atoms with van der Waals surface area (Å²) < 4.78 is 2.50. The first-order valence-corrected chi connectivity index (χ1v) is 8.14. The van der Waals surface area contributed by atoms with Crippen LogP contribution in [0.1, 0.15) is 65.2 Å². The first-order valence-electron chi connectivity index (χ1n) is 8.14. The number of hydrogen-bond donors (Lipinski definition) is 1. The summed E-state index contributed by atoms with van der Waals surface area (Å²) in [6.07, 6.45) is 5.17. The summed E-state index contributed by atoms with van der Waals surface area (Å²) in [5.41, 5.74) is 9.07. The molecule has 1 aliphatic rings. The van der Waals surface area contributed by atoms with E-state index in [1.807, 2.05) is 12.1 Å². The third-order valence-corrected chi connectivity index (χ3v) is 4.73. The highest BCUT2D eigenvalue weighted by atomic mass is 15.1. The van der Waals surface area contributed by atoms with E-state index in [0.717, 1.165) is 17.1 Å². The van der Waals surface area contributed by atoms with Crippen molar-refractivity contribution in [1.29, 1.82) is 0 Å². The van der Waals surface area contributed by atoms with E-state index < -0.39 is 0 Å². The maximum atomic E-state index is 5.94. The lowest BCUT2D eigenvalue weighted by Gasteiger charge is -2.31. The van der Waals surface area contributed by atoms with Gasteiger partial charge >= 0.3 is 0 Å². The number of nitrogens with two attached hydrogens (primary N) is 1. The standard InChI is InChI=1S/C18H27N3/c1-12-5-8-14(9-6-12)21-16-10-7-13(19)11-15(16)20-17(21)18(2,3)4/h7,10-12,14H,5-6,8-9,19H2,1-4H3. The minimum Gasteiger partial charge on any atom is -0.399 e. The van der Waals surface area contributed by atoms with Crippen molar-refractivity contribution in [3.8, 4) is 0 Å². The molecule has 0 unspecified atom stereocenters. The number of anilines is 1. The van der Waals surface area contributed by atoms with Crippen molar-refractivity contribution in [3.63, 3.8) is 0 Å². The maximum Gasteiger partial charge on any atom is 0.115 e. The topological polar surface area (TPSA) is 43.8 Å². The number of fused-ring (bicyclic) bond motifs is 1. The van der Waals surface area contributed by atoms with E-state index in [-0.39, 0.29) is 5.41 Å². The van der Waals surface area contributed by atoms with Crippen LogP contribution in [0.3, 0.4) is 0 Å². The molecular formula is C18H27N3. The molecule has 2 aromatic rings. The molecule has 0 atom stereocenters. The minimum absolute atomic E-state index is 0.0524. The van der Waals surface area contributed by atoms with Crippen molar-refractivity contribution in [1.82, 2.24) is 9.55 Å². The van der Waals surface area contributed by atoms with Gasteiger partial charge in [0.25, 0.3) is 0 Å². The van der Waals surface area contributed by atoms with Gasteiger partial charge in [-0.25, -0.2) is 4.98 Å². The van der Waals surface area contributed by atoms with Crippen LogP contribution < -0.4 is 5.73 Å². The molecule has 3 rings (SSSR count). The number of imidazole rings is 1. The van der Waals surface area contributed by atoms with Crippen LogP contribution in [-0.4, -0.2) is 9.55 Å². The summed E-state index contributed by atoms with van der Waals surface area (Å²) in [4.78, 5) is 4.92. The Balaban J connectivity index is 2.14. The van der Waals surface area contributed by atoms with E-state index in [4.69, 9.17) is 10.7 Å². The number of aromatic nitrogens is 2. The van der Waals surface area contributed by atoms with Crippen molar-refractivity contribution < 1.29 is 0 Å². The molecule has 0 amide bonds. The van der Waals surface area contributed by atoms with Crippen LogP contribution in [0, 0.1) is 5.92 Å². The van der Waals surface area contributed by atoms with Crippen LogP contribution in [0.2, 0.25) is 0 Å². The summed E-state index contributed by atoms with van der Waals surface area (Å²) in [7, 11) is 0. The van der Waals surface area contributed by atoms with E-state index in [1.165, 1.54) is 37.0 Å². The van der Waals surface area contributed by atoms with Crippen molar-refractivity contribution in [2.75, 3.05) is 5.73 Å². The third kappa shape index (κ3) is 2.66. The van der Waals surface area contributed by atoms with Crippen LogP contribution >= 0.6 is 0 Å². The van der Waals surface area contributed by atoms with Gasteiger partial charge in [-0.2, -0.15) is 0 Å². The van der Waals surface area contributed by atoms with Gasteiger partial charge in [-0.1, -0.05) is 27.7 Å². The zero-order chi connectivity index (χ0) is 15.2. The maximum absolute atomic E-state index is 5.94. The lowest BCUT2D eigenvalue weighted by molar-refractivity contribution is 0.282. The van der Waals surface area contributed by atoms with Gasteiger partial charge in [0.15, 0.2) is 0 Å². The lowest BCUT2D eigenvalue weighted by atomic mass is 9.86. The zero-order valence-electron chi connectivity index (χ0n) is 13.7. The van der Waals surface area contributed by atoms with Crippen molar-refractivity contribution in [2.24, 2.45) is 5.92 Å². The predicted molar refractivity (Wildman–Crippen MR) is 89.5 cm³/mol. The number of nitrogens with zero attached hydrogens (tertiary/aromatic N) is 2. The largest absolute Gasteiger partial charge is 0.399 e. The Morgan fingerprint density at radius 2 is 1.81 bits per heavy atom. The molecule has 0 aliphatic heterocycles. The average molecular weight is 285 g/mol. The molecule has 0 bridgehead atoms. The van der Waals surface area contributed by atoms with E-state index >= 15 is 0 Å². The molecule has 1 saturated carbocycles. The Bertz CT molecular complexity index is 640. The van der Waals surface area contributed by atoms with Gasteiger partial charge in [0.05, 0.1) is 11.0 Å². The van der Waals surface area contributed by atoms with E-state index in [0.29, 0.717) is 6.04 Å². The Kier molecular flexibility index (Phi) is 3.46. The predicted octanol–water partition coefficient (Wildman–Crippen LogP) is 4.67. The number of rotatable bonds is 1. The van der Waals surface area contributed by atoms with Crippen LogP contribution in [0.5, 0.6) is 0 Å². The minimum atomic E-state index is 0.0524. The van der Waals surface area contributed by atoms with Gasteiger partial charge in [-0.15, -0.1) is 0 Å². The van der Waals surface area contributed by atoms with E-state index in [9.17, 15) is 0 Å². The van der Waals surface area contributed by atoms with Crippen LogP contribution in [-0.2, 0) is 5.41 Å². The summed E-state index contributed by atoms with van der Waals surface area (Å²) in [5.74, 6) is 2.06. The molecule has 114 valence electrons. The SMILES string of the molecule is CC1CCC(n2c(C(C)(C)C)nc3cc(N)ccc32)CC1. The second-order valence-electron chi connectivity index (χ2n) is 7.72. The first kappa shape index (κ1) is 14.4. The molecule has 0 radical (unpaired) electrons. The summed E-state index contributed by atoms with van der Waals surface area (Å²) in [6, 6.07) is 6.74. The smallest absolute Gasteiger partial charge is 0.115 e. The normalized spacial score (nSPS) is 23.6. The fourth-order valence-corrected chi connectivity index (χ4v) is 3.52. The molecule has 21 heavy (non-hydrogen) atoms. The Morgan fingerprint density at radius 1 is 1.14 bits per heavy atom. The van der Waals surface area contributed by atoms with Crippen molar-refractivity contribution in [3.05, 3.63) is 24.0 Å². The molecule has 0 spiro atoms.